The molecule has 0 aromatic rings. The molecule has 1 aliphatic carbocycles. The van der Waals surface area contributed by atoms with Gasteiger partial charge in [0.1, 0.15) is 0 Å². The smallest absolute Gasteiger partial charge is 0.317 e. The maximum Gasteiger partial charge on any atom is 0.317 e. The monoisotopic (exact) mass is 280 g/mol. The van der Waals surface area contributed by atoms with E-state index in [1.807, 2.05) is 4.90 Å². The molecule has 3 fully saturated rings. The van der Waals surface area contributed by atoms with E-state index < -0.39 is 0 Å². The van der Waals surface area contributed by atoms with Gasteiger partial charge in [-0.1, -0.05) is 6.92 Å². The van der Waals surface area contributed by atoms with Crippen LogP contribution >= 0.6 is 0 Å². The van der Waals surface area contributed by atoms with Crippen molar-refractivity contribution in [3.8, 4) is 0 Å². The number of piperidine rings is 1. The average molecular weight is 280 g/mol. The van der Waals surface area contributed by atoms with Gasteiger partial charge in [-0.15, -0.1) is 0 Å². The van der Waals surface area contributed by atoms with Gasteiger partial charge in [0.15, 0.2) is 0 Å². The molecule has 0 spiro atoms. The predicted molar refractivity (Wildman–Crippen MR) is 79.8 cm³/mol. The minimum atomic E-state index is 0.158. The zero-order valence-electron chi connectivity index (χ0n) is 12.7. The summed E-state index contributed by atoms with van der Waals surface area (Å²) in [5.41, 5.74) is 0. The van der Waals surface area contributed by atoms with E-state index in [1.165, 1.54) is 25.9 Å². The summed E-state index contributed by atoms with van der Waals surface area (Å²) in [6.45, 7) is 9.40. The van der Waals surface area contributed by atoms with Crippen LogP contribution in [-0.2, 0) is 0 Å². The normalized spacial score (nSPS) is 26.8. The number of rotatable bonds is 3. The topological polar surface area (TPSA) is 38.8 Å². The molecule has 0 bridgehead atoms. The van der Waals surface area contributed by atoms with Crippen LogP contribution in [0.1, 0.15) is 32.6 Å². The number of carbonyl (C=O) groups excluding carboxylic acids is 1. The first kappa shape index (κ1) is 14.1. The van der Waals surface area contributed by atoms with Crippen molar-refractivity contribution < 1.29 is 4.79 Å². The Morgan fingerprint density at radius 3 is 2.20 bits per heavy atom. The van der Waals surface area contributed by atoms with Crippen LogP contribution in [0, 0.1) is 0 Å². The first-order chi connectivity index (χ1) is 9.76. The molecule has 0 radical (unpaired) electrons. The summed E-state index contributed by atoms with van der Waals surface area (Å²) in [5.74, 6) is 0. The summed E-state index contributed by atoms with van der Waals surface area (Å²) in [5, 5.41) is 3.24. The van der Waals surface area contributed by atoms with Gasteiger partial charge in [0.25, 0.3) is 0 Å². The number of amides is 2. The second kappa shape index (κ2) is 6.31. The van der Waals surface area contributed by atoms with Crippen LogP contribution in [0.3, 0.4) is 0 Å². The van der Waals surface area contributed by atoms with E-state index in [4.69, 9.17) is 0 Å². The summed E-state index contributed by atoms with van der Waals surface area (Å²) in [6, 6.07) is 1.42. The highest BCUT2D eigenvalue weighted by molar-refractivity contribution is 5.74. The third-order valence-corrected chi connectivity index (χ3v) is 5.03. The fourth-order valence-electron chi connectivity index (χ4n) is 3.38. The molecule has 2 saturated heterocycles. The van der Waals surface area contributed by atoms with Gasteiger partial charge in [-0.2, -0.15) is 0 Å². The minimum Gasteiger partial charge on any atom is -0.335 e. The lowest BCUT2D eigenvalue weighted by Crippen LogP contribution is -2.54. The van der Waals surface area contributed by atoms with E-state index in [2.05, 4.69) is 22.0 Å². The fourth-order valence-corrected chi connectivity index (χ4v) is 3.38. The Hall–Kier alpha value is -0.810. The van der Waals surface area contributed by atoms with Gasteiger partial charge < -0.3 is 20.0 Å². The summed E-state index contributed by atoms with van der Waals surface area (Å²) in [6.07, 6.45) is 5.02. The molecule has 0 unspecified atom stereocenters. The number of hydrogen-bond donors (Lipinski definition) is 1. The second-order valence-electron chi connectivity index (χ2n) is 6.41. The molecule has 5 heteroatoms. The van der Waals surface area contributed by atoms with Gasteiger partial charge in [0, 0.05) is 51.4 Å². The standard InChI is InChI=1S/C15H28N4O/c1-2-17-9-11-19(12-10-17)15(20)16-13-5-7-18(8-6-13)14-3-4-14/h13-14H,2-12H2,1H3,(H,16,20). The maximum absolute atomic E-state index is 12.3. The summed E-state index contributed by atoms with van der Waals surface area (Å²) in [4.78, 5) is 19.3. The van der Waals surface area contributed by atoms with Crippen LogP contribution in [0.5, 0.6) is 0 Å². The molecule has 5 nitrogen and oxygen atoms in total. The highest BCUT2D eigenvalue weighted by atomic mass is 16.2. The molecule has 0 aromatic carbocycles. The van der Waals surface area contributed by atoms with Gasteiger partial charge in [-0.05, 0) is 32.2 Å². The first-order valence-electron chi connectivity index (χ1n) is 8.28. The number of nitrogens with one attached hydrogen (secondary N) is 1. The molecular formula is C15H28N4O. The average Bonchev–Trinajstić information content (AvgIpc) is 3.33. The Bertz CT molecular complexity index is 329. The number of hydrogen-bond acceptors (Lipinski definition) is 3. The molecule has 1 N–H and O–H groups in total. The maximum atomic E-state index is 12.3. The number of nitrogens with zero attached hydrogens (tertiary/aromatic N) is 3. The van der Waals surface area contributed by atoms with E-state index in [1.54, 1.807) is 0 Å². The highest BCUT2D eigenvalue weighted by Gasteiger charge is 2.32. The largest absolute Gasteiger partial charge is 0.335 e. The molecule has 2 heterocycles. The van der Waals surface area contributed by atoms with Gasteiger partial charge in [-0.25, -0.2) is 4.79 Å². The Balaban J connectivity index is 1.38. The Morgan fingerprint density at radius 2 is 1.65 bits per heavy atom. The summed E-state index contributed by atoms with van der Waals surface area (Å²) >= 11 is 0. The molecule has 0 atom stereocenters. The van der Waals surface area contributed by atoms with Crippen molar-refractivity contribution in [3.05, 3.63) is 0 Å². The van der Waals surface area contributed by atoms with Gasteiger partial charge >= 0.3 is 6.03 Å². The zero-order valence-corrected chi connectivity index (χ0v) is 12.7. The highest BCUT2D eigenvalue weighted by Crippen LogP contribution is 2.29. The van der Waals surface area contributed by atoms with Crippen LogP contribution < -0.4 is 5.32 Å². The van der Waals surface area contributed by atoms with Crippen molar-refractivity contribution in [2.45, 2.75) is 44.7 Å². The Kier molecular flexibility index (Phi) is 4.46. The molecule has 2 aliphatic heterocycles. The number of likely N-dealkylation sites (N-methyl/N-ethyl adjacent to an activating group) is 1. The van der Waals surface area contributed by atoms with Gasteiger partial charge in [-0.3, -0.25) is 0 Å². The third-order valence-electron chi connectivity index (χ3n) is 5.03. The molecule has 3 aliphatic rings. The molecule has 0 aromatic heterocycles. The summed E-state index contributed by atoms with van der Waals surface area (Å²) < 4.78 is 0. The van der Waals surface area contributed by atoms with E-state index >= 15 is 0 Å². The first-order valence-corrected chi connectivity index (χ1v) is 8.28. The third kappa shape index (κ3) is 3.44. The van der Waals surface area contributed by atoms with Crippen LogP contribution in [0.25, 0.3) is 0 Å². The van der Waals surface area contributed by atoms with Gasteiger partial charge in [0.05, 0.1) is 0 Å². The van der Waals surface area contributed by atoms with Crippen molar-refractivity contribution in [3.63, 3.8) is 0 Å². The number of piperazine rings is 1. The van der Waals surface area contributed by atoms with Crippen molar-refractivity contribution >= 4 is 6.03 Å². The van der Waals surface area contributed by atoms with E-state index in [0.29, 0.717) is 6.04 Å². The van der Waals surface area contributed by atoms with Crippen LogP contribution in [0.2, 0.25) is 0 Å². The number of likely N-dealkylation sites (tertiary alicyclic amines) is 1. The van der Waals surface area contributed by atoms with Crippen LogP contribution in [0.15, 0.2) is 0 Å². The Morgan fingerprint density at radius 1 is 1.00 bits per heavy atom. The van der Waals surface area contributed by atoms with E-state index in [9.17, 15) is 4.79 Å². The molecule has 1 saturated carbocycles. The predicted octanol–water partition coefficient (Wildman–Crippen LogP) is 0.960. The SMILES string of the molecule is CCN1CCN(C(=O)NC2CCN(C3CC3)CC2)CC1. The van der Waals surface area contributed by atoms with Crippen molar-refractivity contribution in [2.24, 2.45) is 0 Å². The zero-order chi connectivity index (χ0) is 13.9. The minimum absolute atomic E-state index is 0.158. The van der Waals surface area contributed by atoms with Crippen molar-refractivity contribution in [1.29, 1.82) is 0 Å². The fraction of sp³-hybridized carbons (Fsp3) is 0.933. The van der Waals surface area contributed by atoms with Crippen molar-refractivity contribution in [1.82, 2.24) is 20.0 Å². The second-order valence-corrected chi connectivity index (χ2v) is 6.41. The lowest BCUT2D eigenvalue weighted by atomic mass is 10.1. The van der Waals surface area contributed by atoms with Crippen molar-refractivity contribution in [2.75, 3.05) is 45.8 Å². The Labute approximate surface area is 122 Å². The number of urea groups is 1. The van der Waals surface area contributed by atoms with Crippen LogP contribution in [-0.4, -0.2) is 78.6 Å². The quantitative estimate of drug-likeness (QED) is 0.837. The summed E-state index contributed by atoms with van der Waals surface area (Å²) in [7, 11) is 0. The van der Waals surface area contributed by atoms with E-state index in [0.717, 1.165) is 51.6 Å². The lowest BCUT2D eigenvalue weighted by Gasteiger charge is -2.37. The molecular weight excluding hydrogens is 252 g/mol. The number of carbonyl (C=O) groups is 1. The molecule has 3 rings (SSSR count). The molecule has 114 valence electrons. The molecule has 20 heavy (non-hydrogen) atoms. The van der Waals surface area contributed by atoms with E-state index in [-0.39, 0.29) is 6.03 Å². The lowest BCUT2D eigenvalue weighted by molar-refractivity contribution is 0.133. The van der Waals surface area contributed by atoms with Gasteiger partial charge in [0.2, 0.25) is 0 Å². The molecule has 2 amide bonds. The van der Waals surface area contributed by atoms with Crippen LogP contribution in [0.4, 0.5) is 4.79 Å².